The Hall–Kier alpha value is -2.63. The molecule has 6 heteroatoms. The highest BCUT2D eigenvalue weighted by atomic mass is 16.4. The van der Waals surface area contributed by atoms with Gasteiger partial charge in [-0.3, -0.25) is 9.59 Å². The summed E-state index contributed by atoms with van der Waals surface area (Å²) in [5.74, 6) is -0.876. The lowest BCUT2D eigenvalue weighted by Crippen LogP contribution is -2.27. The van der Waals surface area contributed by atoms with Gasteiger partial charge < -0.3 is 14.6 Å². The van der Waals surface area contributed by atoms with Crippen LogP contribution in [0.2, 0.25) is 0 Å². The molecule has 6 nitrogen and oxygen atoms in total. The number of rotatable bonds is 5. The second kappa shape index (κ2) is 6.01. The van der Waals surface area contributed by atoms with Crippen LogP contribution in [0.5, 0.6) is 0 Å². The molecule has 1 fully saturated rings. The zero-order valence-corrected chi connectivity index (χ0v) is 12.1. The van der Waals surface area contributed by atoms with Crippen LogP contribution in [-0.2, 0) is 22.7 Å². The van der Waals surface area contributed by atoms with Gasteiger partial charge in [-0.25, -0.2) is 4.98 Å². The first kappa shape index (κ1) is 14.3. The average Bonchev–Trinajstić information content (AvgIpc) is 3.08. The average molecular weight is 299 g/mol. The van der Waals surface area contributed by atoms with Crippen molar-refractivity contribution in [3.8, 4) is 0 Å². The first-order chi connectivity index (χ1) is 10.6. The van der Waals surface area contributed by atoms with Gasteiger partial charge in [-0.1, -0.05) is 30.3 Å². The predicted octanol–water partition coefficient (Wildman–Crippen LogP) is 1.36. The van der Waals surface area contributed by atoms with Crippen molar-refractivity contribution in [1.29, 1.82) is 0 Å². The van der Waals surface area contributed by atoms with E-state index in [2.05, 4.69) is 4.98 Å². The maximum absolute atomic E-state index is 11.9. The van der Waals surface area contributed by atoms with E-state index in [9.17, 15) is 9.59 Å². The summed E-state index contributed by atoms with van der Waals surface area (Å²) in [6.45, 7) is 1.29. The van der Waals surface area contributed by atoms with Gasteiger partial charge in [-0.15, -0.1) is 0 Å². The summed E-state index contributed by atoms with van der Waals surface area (Å²) < 4.78 is 1.98. The molecule has 0 unspecified atom stereocenters. The fourth-order valence-corrected chi connectivity index (χ4v) is 2.68. The predicted molar refractivity (Wildman–Crippen MR) is 78.9 cm³/mol. The number of amides is 1. The van der Waals surface area contributed by atoms with Crippen molar-refractivity contribution in [3.63, 3.8) is 0 Å². The Bertz CT molecular complexity index is 681. The van der Waals surface area contributed by atoms with E-state index in [0.717, 1.165) is 11.4 Å². The fraction of sp³-hybridized carbons (Fsp3) is 0.312. The molecule has 0 aliphatic carbocycles. The van der Waals surface area contributed by atoms with E-state index in [1.807, 2.05) is 41.1 Å². The Labute approximate surface area is 128 Å². The molecule has 0 bridgehead atoms. The number of aromatic nitrogens is 2. The third-order valence-corrected chi connectivity index (χ3v) is 3.89. The van der Waals surface area contributed by atoms with E-state index >= 15 is 0 Å². The Kier molecular flexibility index (Phi) is 3.91. The lowest BCUT2D eigenvalue weighted by Gasteiger charge is -2.16. The molecular formula is C16H17N3O3. The van der Waals surface area contributed by atoms with Crippen LogP contribution >= 0.6 is 0 Å². The zero-order valence-electron chi connectivity index (χ0n) is 12.1. The smallest absolute Gasteiger partial charge is 0.308 e. The quantitative estimate of drug-likeness (QED) is 0.904. The Morgan fingerprint density at radius 2 is 2.05 bits per heavy atom. The minimum Gasteiger partial charge on any atom is -0.481 e. The number of aliphatic carboxylic acids is 1. The number of benzene rings is 1. The topological polar surface area (TPSA) is 75.4 Å². The Morgan fingerprint density at radius 1 is 1.27 bits per heavy atom. The summed E-state index contributed by atoms with van der Waals surface area (Å²) in [6.07, 6.45) is 3.65. The highest BCUT2D eigenvalue weighted by Crippen LogP contribution is 2.20. The molecule has 3 rings (SSSR count). The van der Waals surface area contributed by atoms with E-state index in [1.165, 1.54) is 0 Å². The molecule has 22 heavy (non-hydrogen) atoms. The number of carboxylic acids is 1. The van der Waals surface area contributed by atoms with Crippen LogP contribution in [0.3, 0.4) is 0 Å². The lowest BCUT2D eigenvalue weighted by molar-refractivity contribution is -0.141. The number of imidazole rings is 1. The molecule has 0 spiro atoms. The highest BCUT2D eigenvalue weighted by Gasteiger charge is 2.34. The molecule has 1 atom stereocenters. The van der Waals surface area contributed by atoms with Gasteiger partial charge >= 0.3 is 5.97 Å². The van der Waals surface area contributed by atoms with E-state index in [1.54, 1.807) is 11.1 Å². The second-order valence-electron chi connectivity index (χ2n) is 5.47. The molecule has 0 saturated carbocycles. The van der Waals surface area contributed by atoms with Crippen LogP contribution in [0.15, 0.2) is 42.7 Å². The third kappa shape index (κ3) is 3.00. The van der Waals surface area contributed by atoms with E-state index in [-0.39, 0.29) is 18.9 Å². The lowest BCUT2D eigenvalue weighted by atomic mass is 10.1. The van der Waals surface area contributed by atoms with Crippen LogP contribution in [-0.4, -0.2) is 38.0 Å². The summed E-state index contributed by atoms with van der Waals surface area (Å²) in [6, 6.07) is 9.99. The molecule has 1 aromatic heterocycles. The van der Waals surface area contributed by atoms with Crippen molar-refractivity contribution >= 4 is 11.9 Å². The molecule has 0 radical (unpaired) electrons. The van der Waals surface area contributed by atoms with Crippen LogP contribution < -0.4 is 0 Å². The Balaban J connectivity index is 1.70. The van der Waals surface area contributed by atoms with Crippen molar-refractivity contribution in [3.05, 3.63) is 54.1 Å². The molecule has 1 saturated heterocycles. The first-order valence-corrected chi connectivity index (χ1v) is 7.18. The van der Waals surface area contributed by atoms with Crippen molar-refractivity contribution in [1.82, 2.24) is 14.5 Å². The normalized spacial score (nSPS) is 17.9. The van der Waals surface area contributed by atoms with Gasteiger partial charge in [0.05, 0.1) is 12.5 Å². The van der Waals surface area contributed by atoms with Crippen LogP contribution in [0.4, 0.5) is 0 Å². The summed E-state index contributed by atoms with van der Waals surface area (Å²) in [4.78, 5) is 28.8. The largest absolute Gasteiger partial charge is 0.481 e. The molecule has 1 amide bonds. The molecule has 1 aliphatic rings. The highest BCUT2D eigenvalue weighted by molar-refractivity contribution is 5.85. The fourth-order valence-electron chi connectivity index (χ4n) is 2.68. The van der Waals surface area contributed by atoms with E-state index in [0.29, 0.717) is 13.1 Å². The van der Waals surface area contributed by atoms with Gasteiger partial charge in [0.25, 0.3) is 0 Å². The van der Waals surface area contributed by atoms with Crippen molar-refractivity contribution in [2.45, 2.75) is 19.5 Å². The van der Waals surface area contributed by atoms with Gasteiger partial charge in [0.1, 0.15) is 5.82 Å². The minimum absolute atomic E-state index is 0.0781. The molecule has 2 aromatic rings. The SMILES string of the molecule is O=C(O)[C@H]1CC(=O)N(Cc2nccn2Cc2ccccc2)C1. The molecule has 1 aromatic carbocycles. The number of likely N-dealkylation sites (tertiary alicyclic amines) is 1. The molecule has 2 heterocycles. The van der Waals surface area contributed by atoms with E-state index < -0.39 is 11.9 Å². The van der Waals surface area contributed by atoms with Gasteiger partial charge in [0, 0.05) is 31.9 Å². The molecular weight excluding hydrogens is 282 g/mol. The number of hydrogen-bond donors (Lipinski definition) is 1. The standard InChI is InChI=1S/C16H17N3O3/c20-15-8-13(16(21)22)10-19(15)11-14-17-6-7-18(14)9-12-4-2-1-3-5-12/h1-7,13H,8-11H2,(H,21,22)/t13-/m0/s1. The van der Waals surface area contributed by atoms with Crippen LogP contribution in [0.1, 0.15) is 17.8 Å². The Morgan fingerprint density at radius 3 is 2.73 bits per heavy atom. The maximum Gasteiger partial charge on any atom is 0.308 e. The number of hydrogen-bond acceptors (Lipinski definition) is 3. The summed E-state index contributed by atoms with van der Waals surface area (Å²) in [5, 5.41) is 9.02. The monoisotopic (exact) mass is 299 g/mol. The van der Waals surface area contributed by atoms with Gasteiger partial charge in [-0.05, 0) is 5.56 Å². The van der Waals surface area contributed by atoms with E-state index in [4.69, 9.17) is 5.11 Å². The zero-order chi connectivity index (χ0) is 15.5. The number of carboxylic acid groups (broad SMARTS) is 1. The number of carbonyl (C=O) groups is 2. The van der Waals surface area contributed by atoms with Gasteiger partial charge in [0.2, 0.25) is 5.91 Å². The molecule has 1 aliphatic heterocycles. The molecule has 1 N–H and O–H groups in total. The van der Waals surface area contributed by atoms with Crippen LogP contribution in [0, 0.1) is 5.92 Å². The summed E-state index contributed by atoms with van der Waals surface area (Å²) in [7, 11) is 0. The maximum atomic E-state index is 11.9. The molecule has 114 valence electrons. The summed E-state index contributed by atoms with van der Waals surface area (Å²) >= 11 is 0. The first-order valence-electron chi connectivity index (χ1n) is 7.18. The van der Waals surface area contributed by atoms with Crippen LogP contribution in [0.25, 0.3) is 0 Å². The third-order valence-electron chi connectivity index (χ3n) is 3.89. The van der Waals surface area contributed by atoms with Gasteiger partial charge in [0.15, 0.2) is 0 Å². The van der Waals surface area contributed by atoms with Crippen molar-refractivity contribution in [2.24, 2.45) is 5.92 Å². The van der Waals surface area contributed by atoms with Gasteiger partial charge in [-0.2, -0.15) is 0 Å². The van der Waals surface area contributed by atoms with Crippen molar-refractivity contribution in [2.75, 3.05) is 6.54 Å². The second-order valence-corrected chi connectivity index (χ2v) is 5.47. The summed E-state index contributed by atoms with van der Waals surface area (Å²) in [5.41, 5.74) is 1.15. The number of nitrogens with zero attached hydrogens (tertiary/aromatic N) is 3. The van der Waals surface area contributed by atoms with Crippen molar-refractivity contribution < 1.29 is 14.7 Å². The minimum atomic E-state index is -0.913. The number of carbonyl (C=O) groups excluding carboxylic acids is 1.